The van der Waals surface area contributed by atoms with Crippen molar-refractivity contribution in [2.24, 2.45) is 11.5 Å². The monoisotopic (exact) mass is 334 g/mol. The predicted molar refractivity (Wildman–Crippen MR) is 92.0 cm³/mol. The van der Waals surface area contributed by atoms with E-state index >= 15 is 0 Å². The molecule has 0 aliphatic rings. The zero-order chi connectivity index (χ0) is 18.0. The van der Waals surface area contributed by atoms with Gasteiger partial charge >= 0.3 is 0 Å². The van der Waals surface area contributed by atoms with Gasteiger partial charge in [-0.25, -0.2) is 0 Å². The fraction of sp³-hybridized carbons (Fsp3) is 0.471. The highest BCUT2D eigenvalue weighted by atomic mass is 16.2. The van der Waals surface area contributed by atoms with Crippen LogP contribution in [0.1, 0.15) is 25.3 Å². The number of rotatable bonds is 10. The number of nitrogens with one attached hydrogen (secondary N) is 2. The molecule has 24 heavy (non-hydrogen) atoms. The Morgan fingerprint density at radius 3 is 2.46 bits per heavy atom. The first kappa shape index (κ1) is 19.8. The van der Waals surface area contributed by atoms with E-state index in [1.54, 1.807) is 0 Å². The summed E-state index contributed by atoms with van der Waals surface area (Å²) >= 11 is 0. The number of carbonyl (C=O) groups excluding carboxylic acids is 3. The van der Waals surface area contributed by atoms with Crippen molar-refractivity contribution >= 4 is 18.1 Å². The second-order valence-corrected chi connectivity index (χ2v) is 5.94. The maximum atomic E-state index is 12.4. The van der Waals surface area contributed by atoms with Gasteiger partial charge in [0.25, 0.3) is 0 Å². The summed E-state index contributed by atoms with van der Waals surface area (Å²) in [5.41, 5.74) is 10.7. The number of aldehydes is 1. The second-order valence-electron chi connectivity index (χ2n) is 5.94. The molecule has 0 fully saturated rings. The van der Waals surface area contributed by atoms with Crippen LogP contribution >= 0.6 is 0 Å². The lowest BCUT2D eigenvalue weighted by Gasteiger charge is -2.26. The predicted octanol–water partition coefficient (Wildman–Crippen LogP) is -0.515. The van der Waals surface area contributed by atoms with Gasteiger partial charge in [0, 0.05) is 6.54 Å². The molecule has 132 valence electrons. The standard InChI is InChI=1S/C17H26N4O3/c1-17(11-19,12-22)21-16(24)14(8-5-9-18)20-15(23)10-13-6-3-2-4-7-13/h2-4,6-7,12,14H,5,8-11,18-19H2,1H3,(H,20,23)(H,21,24)/t14-,17?/m1/s1. The van der Waals surface area contributed by atoms with E-state index in [0.717, 1.165) is 5.56 Å². The maximum absolute atomic E-state index is 12.4. The van der Waals surface area contributed by atoms with Crippen molar-refractivity contribution in [3.05, 3.63) is 35.9 Å². The fourth-order valence-electron chi connectivity index (χ4n) is 2.11. The molecule has 6 N–H and O–H groups in total. The van der Waals surface area contributed by atoms with Crippen molar-refractivity contribution in [3.63, 3.8) is 0 Å². The van der Waals surface area contributed by atoms with Gasteiger partial charge in [-0.3, -0.25) is 9.59 Å². The first-order chi connectivity index (χ1) is 11.4. The van der Waals surface area contributed by atoms with Crippen LogP contribution in [0, 0.1) is 0 Å². The molecule has 2 atom stereocenters. The van der Waals surface area contributed by atoms with E-state index in [-0.39, 0.29) is 18.9 Å². The van der Waals surface area contributed by atoms with E-state index < -0.39 is 17.5 Å². The third-order valence-electron chi connectivity index (χ3n) is 3.65. The van der Waals surface area contributed by atoms with E-state index in [9.17, 15) is 14.4 Å². The molecular weight excluding hydrogens is 308 g/mol. The highest BCUT2D eigenvalue weighted by molar-refractivity contribution is 5.90. The van der Waals surface area contributed by atoms with Gasteiger partial charge in [0.2, 0.25) is 11.8 Å². The van der Waals surface area contributed by atoms with Crippen LogP contribution in [-0.4, -0.2) is 42.8 Å². The molecule has 7 nitrogen and oxygen atoms in total. The summed E-state index contributed by atoms with van der Waals surface area (Å²) in [5.74, 6) is -0.705. The zero-order valence-electron chi connectivity index (χ0n) is 14.0. The lowest BCUT2D eigenvalue weighted by molar-refractivity contribution is -0.131. The Bertz CT molecular complexity index is 550. The van der Waals surface area contributed by atoms with E-state index in [1.807, 2.05) is 30.3 Å². The molecule has 0 aromatic heterocycles. The number of hydrogen-bond acceptors (Lipinski definition) is 5. The summed E-state index contributed by atoms with van der Waals surface area (Å²) in [6.07, 6.45) is 1.73. The Labute approximate surface area is 142 Å². The molecule has 0 aliphatic carbocycles. The first-order valence-corrected chi connectivity index (χ1v) is 7.96. The molecule has 0 spiro atoms. The number of benzene rings is 1. The third kappa shape index (κ3) is 6.47. The quantitative estimate of drug-likeness (QED) is 0.428. The number of carbonyl (C=O) groups is 3. The van der Waals surface area contributed by atoms with Gasteiger partial charge in [0.15, 0.2) is 0 Å². The van der Waals surface area contributed by atoms with E-state index in [2.05, 4.69) is 10.6 Å². The maximum Gasteiger partial charge on any atom is 0.243 e. The normalized spacial score (nSPS) is 14.3. The highest BCUT2D eigenvalue weighted by Crippen LogP contribution is 2.04. The fourth-order valence-corrected chi connectivity index (χ4v) is 2.11. The molecule has 1 rings (SSSR count). The van der Waals surface area contributed by atoms with Crippen LogP contribution < -0.4 is 22.1 Å². The SMILES string of the molecule is CC(C=O)(CN)NC(=O)[C@@H](CCCN)NC(=O)Cc1ccccc1. The Hall–Kier alpha value is -2.25. The summed E-state index contributed by atoms with van der Waals surface area (Å²) in [6.45, 7) is 1.91. The van der Waals surface area contributed by atoms with Gasteiger partial charge in [-0.15, -0.1) is 0 Å². The molecule has 1 aromatic carbocycles. The minimum Gasteiger partial charge on any atom is -0.344 e. The summed E-state index contributed by atoms with van der Waals surface area (Å²) < 4.78 is 0. The zero-order valence-corrected chi connectivity index (χ0v) is 14.0. The lowest BCUT2D eigenvalue weighted by Crippen LogP contribution is -2.58. The summed E-state index contributed by atoms with van der Waals surface area (Å²) in [5, 5.41) is 5.29. The molecule has 2 amide bonds. The van der Waals surface area contributed by atoms with Crippen molar-refractivity contribution in [1.82, 2.24) is 10.6 Å². The Morgan fingerprint density at radius 1 is 1.25 bits per heavy atom. The minimum absolute atomic E-state index is 0.0240. The second kappa shape index (κ2) is 9.79. The van der Waals surface area contributed by atoms with Crippen molar-refractivity contribution in [1.29, 1.82) is 0 Å². The molecule has 0 saturated heterocycles. The van der Waals surface area contributed by atoms with Crippen LogP contribution in [-0.2, 0) is 20.8 Å². The van der Waals surface area contributed by atoms with E-state index in [0.29, 0.717) is 25.7 Å². The summed E-state index contributed by atoms with van der Waals surface area (Å²) in [7, 11) is 0. The number of nitrogens with two attached hydrogens (primary N) is 2. The van der Waals surface area contributed by atoms with Crippen LogP contribution in [0.2, 0.25) is 0 Å². The highest BCUT2D eigenvalue weighted by Gasteiger charge is 2.28. The van der Waals surface area contributed by atoms with Gasteiger partial charge in [0.05, 0.1) is 6.42 Å². The van der Waals surface area contributed by atoms with E-state index in [1.165, 1.54) is 6.92 Å². The first-order valence-electron chi connectivity index (χ1n) is 7.96. The summed E-state index contributed by atoms with van der Waals surface area (Å²) in [6, 6.07) is 8.48. The van der Waals surface area contributed by atoms with Gasteiger partial charge in [0.1, 0.15) is 17.9 Å². The van der Waals surface area contributed by atoms with Gasteiger partial charge < -0.3 is 26.9 Å². The molecular formula is C17H26N4O3. The Balaban J connectivity index is 2.71. The summed E-state index contributed by atoms with van der Waals surface area (Å²) in [4.78, 5) is 35.7. The van der Waals surface area contributed by atoms with Gasteiger partial charge in [-0.2, -0.15) is 0 Å². The minimum atomic E-state index is -1.15. The van der Waals surface area contributed by atoms with Gasteiger partial charge in [-0.05, 0) is 31.9 Å². The van der Waals surface area contributed by atoms with E-state index in [4.69, 9.17) is 11.5 Å². The molecule has 1 aromatic rings. The molecule has 0 bridgehead atoms. The molecule has 1 unspecified atom stereocenters. The van der Waals surface area contributed by atoms with Crippen LogP contribution in [0.4, 0.5) is 0 Å². The average Bonchev–Trinajstić information content (AvgIpc) is 2.59. The molecule has 0 aliphatic heterocycles. The number of amides is 2. The van der Waals surface area contributed by atoms with Crippen LogP contribution in [0.3, 0.4) is 0 Å². The van der Waals surface area contributed by atoms with Gasteiger partial charge in [-0.1, -0.05) is 30.3 Å². The van der Waals surface area contributed by atoms with Crippen LogP contribution in [0.15, 0.2) is 30.3 Å². The number of hydrogen-bond donors (Lipinski definition) is 4. The molecule has 0 heterocycles. The molecule has 0 radical (unpaired) electrons. The molecule has 0 saturated carbocycles. The third-order valence-corrected chi connectivity index (χ3v) is 3.65. The Morgan fingerprint density at radius 2 is 1.92 bits per heavy atom. The van der Waals surface area contributed by atoms with Crippen molar-refractivity contribution in [3.8, 4) is 0 Å². The van der Waals surface area contributed by atoms with Crippen molar-refractivity contribution in [2.75, 3.05) is 13.1 Å². The lowest BCUT2D eigenvalue weighted by atomic mass is 10.0. The van der Waals surface area contributed by atoms with Crippen molar-refractivity contribution < 1.29 is 14.4 Å². The Kier molecular flexibility index (Phi) is 8.08. The largest absolute Gasteiger partial charge is 0.344 e. The smallest absolute Gasteiger partial charge is 0.243 e. The van der Waals surface area contributed by atoms with Crippen LogP contribution in [0.25, 0.3) is 0 Å². The van der Waals surface area contributed by atoms with Crippen LogP contribution in [0.5, 0.6) is 0 Å². The average molecular weight is 334 g/mol. The molecule has 7 heteroatoms. The van der Waals surface area contributed by atoms with Crippen molar-refractivity contribution in [2.45, 2.75) is 37.8 Å². The topological polar surface area (TPSA) is 127 Å².